The Balaban J connectivity index is 1.86. The van der Waals surface area contributed by atoms with Crippen molar-refractivity contribution in [2.24, 2.45) is 10.7 Å². The number of aliphatic imine (C=N–C) groups is 1. The summed E-state index contributed by atoms with van der Waals surface area (Å²) in [6, 6.07) is 11.6. The van der Waals surface area contributed by atoms with Crippen molar-refractivity contribution in [3.8, 4) is 11.5 Å². The van der Waals surface area contributed by atoms with E-state index >= 15 is 0 Å². The number of nitrogens with two attached hydrogens (primary N) is 1. The van der Waals surface area contributed by atoms with Gasteiger partial charge < -0.3 is 15.2 Å². The van der Waals surface area contributed by atoms with Crippen LogP contribution in [-0.4, -0.2) is 29.2 Å². The minimum Gasteiger partial charge on any atom is -0.493 e. The molecule has 3 N–H and O–H groups in total. The molecule has 8 heteroatoms. The summed E-state index contributed by atoms with van der Waals surface area (Å²) in [6.07, 6.45) is 0.459. The Labute approximate surface area is 161 Å². The van der Waals surface area contributed by atoms with Gasteiger partial charge in [0.1, 0.15) is 0 Å². The number of imidazole rings is 1. The first-order valence-electron chi connectivity index (χ1n) is 8.70. The molecule has 0 bridgehead atoms. The summed E-state index contributed by atoms with van der Waals surface area (Å²) in [4.78, 5) is 9.18. The first kappa shape index (κ1) is 17.5. The first-order valence-corrected chi connectivity index (χ1v) is 9.07. The molecule has 2 heterocycles. The van der Waals surface area contributed by atoms with Crippen molar-refractivity contribution in [3.63, 3.8) is 0 Å². The molecule has 3 aromatic rings. The van der Waals surface area contributed by atoms with Crippen LogP contribution in [0.2, 0.25) is 5.02 Å². The van der Waals surface area contributed by atoms with Crippen molar-refractivity contribution in [1.82, 2.24) is 9.55 Å². The molecule has 2 aromatic carbocycles. The molecule has 1 aromatic heterocycles. The highest BCUT2D eigenvalue weighted by atomic mass is 35.5. The highest BCUT2D eigenvalue weighted by Gasteiger charge is 2.27. The lowest BCUT2D eigenvalue weighted by Crippen LogP contribution is -2.31. The number of fused-ring (bicyclic) bond motifs is 3. The third-order valence-electron chi connectivity index (χ3n) is 4.34. The predicted octanol–water partition coefficient (Wildman–Crippen LogP) is 3.77. The lowest BCUT2D eigenvalue weighted by atomic mass is 10.1. The molecule has 4 rings (SSSR count). The summed E-state index contributed by atoms with van der Waals surface area (Å²) in [5.74, 6) is 2.02. The van der Waals surface area contributed by atoms with Crippen molar-refractivity contribution in [1.29, 1.82) is 0 Å². The van der Waals surface area contributed by atoms with Gasteiger partial charge in [0.25, 0.3) is 0 Å². The van der Waals surface area contributed by atoms with E-state index in [4.69, 9.17) is 26.8 Å². The number of anilines is 1. The topological polar surface area (TPSA) is 86.7 Å². The van der Waals surface area contributed by atoms with Crippen LogP contribution in [-0.2, 0) is 0 Å². The number of hydrogen-bond donors (Lipinski definition) is 2. The molecule has 140 valence electrons. The van der Waals surface area contributed by atoms with Crippen LogP contribution in [0.1, 0.15) is 25.1 Å². The maximum atomic E-state index is 6.50. The van der Waals surface area contributed by atoms with Crippen molar-refractivity contribution < 1.29 is 9.47 Å². The van der Waals surface area contributed by atoms with E-state index < -0.39 is 6.17 Å². The van der Waals surface area contributed by atoms with Gasteiger partial charge in [-0.1, -0.05) is 30.7 Å². The Morgan fingerprint density at radius 1 is 1.30 bits per heavy atom. The number of guanidine groups is 1. The number of nitrogens with one attached hydrogen (secondary N) is 1. The van der Waals surface area contributed by atoms with Crippen LogP contribution in [0.25, 0.3) is 11.0 Å². The van der Waals surface area contributed by atoms with Crippen LogP contribution in [0.5, 0.6) is 11.5 Å². The smallest absolute Gasteiger partial charge is 0.212 e. The summed E-state index contributed by atoms with van der Waals surface area (Å²) < 4.78 is 13.2. The molecular weight excluding hydrogens is 366 g/mol. The molecule has 0 aliphatic carbocycles. The minimum absolute atomic E-state index is 0.296. The van der Waals surface area contributed by atoms with Crippen molar-refractivity contribution in [3.05, 3.63) is 47.0 Å². The summed E-state index contributed by atoms with van der Waals surface area (Å²) in [7, 11) is 1.59. The van der Waals surface area contributed by atoms with E-state index in [2.05, 4.69) is 15.3 Å². The van der Waals surface area contributed by atoms with Crippen LogP contribution in [0.15, 0.2) is 41.4 Å². The van der Waals surface area contributed by atoms with E-state index in [0.717, 1.165) is 23.0 Å². The van der Waals surface area contributed by atoms with Crippen LogP contribution < -0.4 is 20.5 Å². The summed E-state index contributed by atoms with van der Waals surface area (Å²) in [6.45, 7) is 2.59. The van der Waals surface area contributed by atoms with E-state index in [1.165, 1.54) is 0 Å². The van der Waals surface area contributed by atoms with Gasteiger partial charge in [0.05, 0.1) is 29.8 Å². The van der Waals surface area contributed by atoms with Gasteiger partial charge in [-0.25, -0.2) is 9.98 Å². The molecule has 0 radical (unpaired) electrons. The Hall–Kier alpha value is -2.93. The number of ether oxygens (including phenoxy) is 2. The fourth-order valence-corrected chi connectivity index (χ4v) is 3.45. The second-order valence-electron chi connectivity index (χ2n) is 6.19. The maximum absolute atomic E-state index is 6.50. The fourth-order valence-electron chi connectivity index (χ4n) is 3.17. The normalized spacial score (nSPS) is 15.8. The summed E-state index contributed by atoms with van der Waals surface area (Å²) in [5.41, 5.74) is 8.63. The van der Waals surface area contributed by atoms with Gasteiger partial charge in [-0.15, -0.1) is 0 Å². The number of hydrogen-bond acceptors (Lipinski definition) is 6. The number of benzene rings is 2. The zero-order valence-electron chi connectivity index (χ0n) is 15.1. The minimum atomic E-state index is -0.416. The fraction of sp³-hybridized carbons (Fsp3) is 0.263. The van der Waals surface area contributed by atoms with Crippen LogP contribution in [0.3, 0.4) is 0 Å². The van der Waals surface area contributed by atoms with Gasteiger partial charge in [0.2, 0.25) is 5.95 Å². The summed E-state index contributed by atoms with van der Waals surface area (Å²) >= 11 is 6.50. The molecule has 27 heavy (non-hydrogen) atoms. The van der Waals surface area contributed by atoms with E-state index in [-0.39, 0.29) is 0 Å². The van der Waals surface area contributed by atoms with E-state index in [1.54, 1.807) is 7.11 Å². The van der Waals surface area contributed by atoms with Gasteiger partial charge in [-0.05, 0) is 30.7 Å². The lowest BCUT2D eigenvalue weighted by Gasteiger charge is -2.25. The Kier molecular flexibility index (Phi) is 4.53. The number of nitrogens with zero attached hydrogens (tertiary/aromatic N) is 3. The number of methoxy groups -OCH3 is 1. The maximum Gasteiger partial charge on any atom is 0.212 e. The van der Waals surface area contributed by atoms with Crippen LogP contribution >= 0.6 is 11.6 Å². The standard InChI is InChI=1S/C19H20ClN5O2/c1-3-8-27-16-12(20)9-11(10-15(16)26-2)17-23-18(21)24-19-22-13-6-4-5-7-14(13)25(17)19/h4-7,9-10,17H,3,8H2,1-2H3,(H3,21,22,23,24)/t17-/m0/s1. The molecule has 0 saturated carbocycles. The second-order valence-corrected chi connectivity index (χ2v) is 6.60. The monoisotopic (exact) mass is 385 g/mol. The highest BCUT2D eigenvalue weighted by Crippen LogP contribution is 2.41. The lowest BCUT2D eigenvalue weighted by molar-refractivity contribution is 0.294. The molecule has 7 nitrogen and oxygen atoms in total. The third kappa shape index (κ3) is 3.04. The van der Waals surface area contributed by atoms with Crippen molar-refractivity contribution in [2.45, 2.75) is 19.5 Å². The Bertz CT molecular complexity index is 1030. The quantitative estimate of drug-likeness (QED) is 0.698. The highest BCUT2D eigenvalue weighted by molar-refractivity contribution is 6.32. The Morgan fingerprint density at radius 2 is 2.11 bits per heavy atom. The molecule has 0 spiro atoms. The molecule has 0 saturated heterocycles. The number of halogens is 1. The van der Waals surface area contributed by atoms with Crippen molar-refractivity contribution >= 4 is 34.5 Å². The van der Waals surface area contributed by atoms with Crippen LogP contribution in [0.4, 0.5) is 5.95 Å². The third-order valence-corrected chi connectivity index (χ3v) is 4.62. The second kappa shape index (κ2) is 7.00. The zero-order valence-corrected chi connectivity index (χ0v) is 15.8. The van der Waals surface area contributed by atoms with Crippen LogP contribution in [0, 0.1) is 0 Å². The van der Waals surface area contributed by atoms with Gasteiger partial charge in [0.15, 0.2) is 23.6 Å². The largest absolute Gasteiger partial charge is 0.493 e. The molecule has 0 amide bonds. The summed E-state index contributed by atoms with van der Waals surface area (Å²) in [5, 5.41) is 3.49. The molecular formula is C19H20ClN5O2. The molecule has 1 aliphatic heterocycles. The van der Waals surface area contributed by atoms with Gasteiger partial charge in [-0.2, -0.15) is 0 Å². The van der Waals surface area contributed by atoms with Crippen molar-refractivity contribution in [2.75, 3.05) is 19.0 Å². The number of para-hydroxylation sites is 2. The van der Waals surface area contributed by atoms with E-state index in [9.17, 15) is 0 Å². The molecule has 0 fully saturated rings. The molecule has 0 unspecified atom stereocenters. The molecule has 1 aliphatic rings. The first-order chi connectivity index (χ1) is 13.1. The molecule has 1 atom stereocenters. The predicted molar refractivity (Wildman–Crippen MR) is 107 cm³/mol. The zero-order chi connectivity index (χ0) is 19.0. The Morgan fingerprint density at radius 3 is 2.89 bits per heavy atom. The number of rotatable bonds is 5. The number of aromatic nitrogens is 2. The van der Waals surface area contributed by atoms with Gasteiger partial charge >= 0.3 is 0 Å². The average molecular weight is 386 g/mol. The SMILES string of the molecule is CCCOc1c(Cl)cc([C@H]2N=C(N)Nc3nc4ccccc4n32)cc1OC. The van der Waals surface area contributed by atoms with Gasteiger partial charge in [0, 0.05) is 5.56 Å². The van der Waals surface area contributed by atoms with Gasteiger partial charge in [-0.3, -0.25) is 9.88 Å². The van der Waals surface area contributed by atoms with E-state index in [1.807, 2.05) is 47.9 Å². The van der Waals surface area contributed by atoms with E-state index in [0.29, 0.717) is 35.0 Å². The average Bonchev–Trinajstić information content (AvgIpc) is 3.03.